The van der Waals surface area contributed by atoms with E-state index in [1.54, 1.807) is 0 Å². The summed E-state index contributed by atoms with van der Waals surface area (Å²) in [5, 5.41) is -1.16. The predicted molar refractivity (Wildman–Crippen MR) is 63.3 cm³/mol. The lowest BCUT2D eigenvalue weighted by molar-refractivity contribution is -0.139. The van der Waals surface area contributed by atoms with E-state index in [0.717, 1.165) is 7.11 Å². The van der Waals surface area contributed by atoms with E-state index in [2.05, 4.69) is 14.4 Å². The van der Waals surface area contributed by atoms with Gasteiger partial charge >= 0.3 is 5.97 Å². The van der Waals surface area contributed by atoms with E-state index in [4.69, 9.17) is 11.6 Å². The first kappa shape index (κ1) is 13.7. The van der Waals surface area contributed by atoms with Crippen LogP contribution in [0.25, 0.3) is 0 Å². The average molecular weight is 279 g/mol. The smallest absolute Gasteiger partial charge is 0.325 e. The van der Waals surface area contributed by atoms with Gasteiger partial charge in [0.05, 0.1) is 12.8 Å². The Balaban J connectivity index is 2.90. The second-order valence-electron chi connectivity index (χ2n) is 3.18. The van der Waals surface area contributed by atoms with Crippen molar-refractivity contribution >= 4 is 33.3 Å². The molecule has 94 valence electrons. The van der Waals surface area contributed by atoms with Crippen LogP contribution >= 0.6 is 11.6 Å². The molecule has 17 heavy (non-hydrogen) atoms. The Morgan fingerprint density at radius 2 is 2.24 bits per heavy atom. The van der Waals surface area contributed by atoms with E-state index in [1.165, 1.54) is 25.3 Å². The van der Waals surface area contributed by atoms with E-state index >= 15 is 0 Å². The fraction of sp³-hybridized carbons (Fsp3) is 0.333. The zero-order valence-corrected chi connectivity index (χ0v) is 10.7. The maximum Gasteiger partial charge on any atom is 0.325 e. The van der Waals surface area contributed by atoms with E-state index in [1.807, 2.05) is 0 Å². The first-order valence-electron chi connectivity index (χ1n) is 4.58. The number of nitrogens with zero attached hydrogens (tertiary/aromatic N) is 1. The standard InChI is InChI=1S/C9H11ClN2O4S/c1-6(9(13)16-2)17(14,15)12-7-3-4-11-8(10)5-7/h3-6H,1-2H3,(H,11,12). The zero-order valence-electron chi connectivity index (χ0n) is 9.18. The first-order chi connectivity index (χ1) is 7.86. The summed E-state index contributed by atoms with van der Waals surface area (Å²) in [5.41, 5.74) is 0.237. The maximum absolute atomic E-state index is 11.7. The van der Waals surface area contributed by atoms with Gasteiger partial charge in [0.1, 0.15) is 5.15 Å². The molecule has 0 aromatic carbocycles. The summed E-state index contributed by atoms with van der Waals surface area (Å²) < 4.78 is 30.1. The summed E-state index contributed by atoms with van der Waals surface area (Å²) >= 11 is 5.61. The maximum atomic E-state index is 11.7. The fourth-order valence-corrected chi connectivity index (χ4v) is 2.17. The summed E-state index contributed by atoms with van der Waals surface area (Å²) in [4.78, 5) is 14.8. The fourth-order valence-electron chi connectivity index (χ4n) is 1.01. The van der Waals surface area contributed by atoms with E-state index in [0.29, 0.717) is 0 Å². The molecular weight excluding hydrogens is 268 g/mol. The molecule has 0 aliphatic rings. The second-order valence-corrected chi connectivity index (χ2v) is 5.57. The predicted octanol–water partition coefficient (Wildman–Crippen LogP) is 1.04. The lowest BCUT2D eigenvalue weighted by atomic mass is 10.4. The van der Waals surface area contributed by atoms with Crippen LogP contribution in [-0.2, 0) is 19.6 Å². The highest BCUT2D eigenvalue weighted by atomic mass is 35.5. The van der Waals surface area contributed by atoms with Gasteiger partial charge in [-0.2, -0.15) is 0 Å². The Bertz CT molecular complexity index is 517. The van der Waals surface area contributed by atoms with Crippen LogP contribution in [0.1, 0.15) is 6.92 Å². The summed E-state index contributed by atoms with van der Waals surface area (Å²) in [6.45, 7) is 1.23. The number of anilines is 1. The van der Waals surface area contributed by atoms with Gasteiger partial charge in [-0.3, -0.25) is 9.52 Å². The van der Waals surface area contributed by atoms with Crippen LogP contribution in [0, 0.1) is 0 Å². The number of pyridine rings is 1. The van der Waals surface area contributed by atoms with Gasteiger partial charge in [0, 0.05) is 6.20 Å². The third-order valence-corrected chi connectivity index (χ3v) is 3.84. The highest BCUT2D eigenvalue weighted by molar-refractivity contribution is 7.94. The molecule has 0 saturated heterocycles. The minimum atomic E-state index is -3.85. The Hall–Kier alpha value is -1.34. The van der Waals surface area contributed by atoms with Crippen molar-refractivity contribution in [2.45, 2.75) is 12.2 Å². The van der Waals surface area contributed by atoms with E-state index < -0.39 is 21.2 Å². The Kier molecular flexibility index (Phi) is 4.30. The number of hydrogen-bond acceptors (Lipinski definition) is 5. The van der Waals surface area contributed by atoms with Crippen molar-refractivity contribution in [3.8, 4) is 0 Å². The number of esters is 1. The van der Waals surface area contributed by atoms with Crippen molar-refractivity contribution < 1.29 is 17.9 Å². The van der Waals surface area contributed by atoms with Crippen molar-refractivity contribution in [2.24, 2.45) is 0 Å². The Morgan fingerprint density at radius 1 is 1.59 bits per heavy atom. The van der Waals surface area contributed by atoms with Gasteiger partial charge in [0.25, 0.3) is 0 Å². The molecule has 0 aliphatic carbocycles. The largest absolute Gasteiger partial charge is 0.468 e. The summed E-state index contributed by atoms with van der Waals surface area (Å²) in [5.74, 6) is -0.836. The van der Waals surface area contributed by atoms with Crippen molar-refractivity contribution in [2.75, 3.05) is 11.8 Å². The minimum absolute atomic E-state index is 0.149. The van der Waals surface area contributed by atoms with Gasteiger partial charge < -0.3 is 4.74 Å². The quantitative estimate of drug-likeness (QED) is 0.657. The molecule has 1 unspecified atom stereocenters. The number of carbonyl (C=O) groups is 1. The van der Waals surface area contributed by atoms with Gasteiger partial charge in [-0.15, -0.1) is 0 Å². The van der Waals surface area contributed by atoms with Crippen LogP contribution in [0.15, 0.2) is 18.3 Å². The van der Waals surface area contributed by atoms with Gasteiger partial charge in [0.2, 0.25) is 10.0 Å². The molecule has 8 heteroatoms. The van der Waals surface area contributed by atoms with Crippen LogP contribution in [0.5, 0.6) is 0 Å². The molecule has 1 rings (SSSR count). The molecule has 1 aromatic heterocycles. The van der Waals surface area contributed by atoms with Crippen molar-refractivity contribution in [1.82, 2.24) is 4.98 Å². The highest BCUT2D eigenvalue weighted by Crippen LogP contribution is 2.15. The minimum Gasteiger partial charge on any atom is -0.468 e. The lowest BCUT2D eigenvalue weighted by Gasteiger charge is -2.12. The molecular formula is C9H11ClN2O4S. The number of methoxy groups -OCH3 is 1. The molecule has 0 spiro atoms. The Morgan fingerprint density at radius 3 is 2.76 bits per heavy atom. The molecule has 0 saturated carbocycles. The normalized spacial score (nSPS) is 12.9. The number of nitrogens with one attached hydrogen (secondary N) is 1. The Labute approximate surface area is 104 Å². The molecule has 1 atom stereocenters. The van der Waals surface area contributed by atoms with Crippen LogP contribution in [0.3, 0.4) is 0 Å². The number of hydrogen-bond donors (Lipinski definition) is 1. The summed E-state index contributed by atoms with van der Waals surface area (Å²) in [6, 6.07) is 2.76. The van der Waals surface area contributed by atoms with Crippen molar-refractivity contribution in [3.63, 3.8) is 0 Å². The zero-order chi connectivity index (χ0) is 13.1. The SMILES string of the molecule is COC(=O)C(C)S(=O)(=O)Nc1ccnc(Cl)c1. The van der Waals surface area contributed by atoms with Crippen LogP contribution in [-0.4, -0.2) is 31.7 Å². The van der Waals surface area contributed by atoms with Crippen LogP contribution < -0.4 is 4.72 Å². The molecule has 1 N–H and O–H groups in total. The molecule has 0 bridgehead atoms. The molecule has 1 aromatic rings. The van der Waals surface area contributed by atoms with Gasteiger partial charge in [0.15, 0.2) is 5.25 Å². The van der Waals surface area contributed by atoms with Gasteiger partial charge in [-0.25, -0.2) is 13.4 Å². The molecule has 0 fully saturated rings. The molecule has 0 radical (unpaired) electrons. The highest BCUT2D eigenvalue weighted by Gasteiger charge is 2.28. The first-order valence-corrected chi connectivity index (χ1v) is 6.50. The second kappa shape index (κ2) is 5.33. The van der Waals surface area contributed by atoms with Crippen molar-refractivity contribution in [3.05, 3.63) is 23.5 Å². The molecule has 1 heterocycles. The van der Waals surface area contributed by atoms with Crippen LogP contribution in [0.4, 0.5) is 5.69 Å². The molecule has 6 nitrogen and oxygen atoms in total. The van der Waals surface area contributed by atoms with Crippen molar-refractivity contribution in [1.29, 1.82) is 0 Å². The monoisotopic (exact) mass is 278 g/mol. The van der Waals surface area contributed by atoms with Gasteiger partial charge in [-0.1, -0.05) is 11.6 Å². The lowest BCUT2D eigenvalue weighted by Crippen LogP contribution is -2.33. The third-order valence-electron chi connectivity index (χ3n) is 1.99. The number of carbonyl (C=O) groups excluding carboxylic acids is 1. The van der Waals surface area contributed by atoms with E-state index in [9.17, 15) is 13.2 Å². The number of ether oxygens (including phenoxy) is 1. The number of sulfonamides is 1. The number of halogens is 1. The average Bonchev–Trinajstić information content (AvgIpc) is 2.26. The van der Waals surface area contributed by atoms with Crippen LogP contribution in [0.2, 0.25) is 5.15 Å². The summed E-state index contributed by atoms with van der Waals surface area (Å²) in [6.07, 6.45) is 1.35. The summed E-state index contributed by atoms with van der Waals surface area (Å²) in [7, 11) is -2.73. The molecule has 0 amide bonds. The number of aromatic nitrogens is 1. The van der Waals surface area contributed by atoms with E-state index in [-0.39, 0.29) is 10.8 Å². The topological polar surface area (TPSA) is 85.4 Å². The van der Waals surface area contributed by atoms with Gasteiger partial charge in [-0.05, 0) is 19.1 Å². The third kappa shape index (κ3) is 3.57. The number of rotatable bonds is 4. The molecule has 0 aliphatic heterocycles.